The minimum absolute atomic E-state index is 0.498. The molecule has 0 aliphatic rings. The molecule has 0 fully saturated rings. The third-order valence-electron chi connectivity index (χ3n) is 0.604. The molecular weight excluding hydrogens is 147 g/mol. The predicted molar refractivity (Wildman–Crippen MR) is 37.7 cm³/mol. The van der Waals surface area contributed by atoms with E-state index >= 15 is 0 Å². The molecule has 0 aromatic carbocycles. The molecule has 0 rings (SSSR count). The number of nitrogens with zero attached hydrogens (tertiary/aromatic N) is 1. The van der Waals surface area contributed by atoms with Gasteiger partial charge in [0.1, 0.15) is 4.84 Å². The van der Waals surface area contributed by atoms with Gasteiger partial charge in [0.05, 0.1) is 5.71 Å². The summed E-state index contributed by atoms with van der Waals surface area (Å²) in [5, 5.41) is 3.73. The molecule has 0 unspecified atom stereocenters. The molecule has 48 valence electrons. The van der Waals surface area contributed by atoms with Crippen LogP contribution in [0.15, 0.2) is 5.10 Å². The Labute approximate surface area is 58.9 Å². The fourth-order valence-electron chi connectivity index (χ4n) is 0.225. The lowest BCUT2D eigenvalue weighted by molar-refractivity contribution is 0.896. The van der Waals surface area contributed by atoms with Crippen LogP contribution in [0.25, 0.3) is 0 Å². The predicted octanol–water partition coefficient (Wildman–Crippen LogP) is 1.39. The van der Waals surface area contributed by atoms with Crippen molar-refractivity contribution in [1.29, 1.82) is 0 Å². The van der Waals surface area contributed by atoms with Gasteiger partial charge in [-0.05, 0) is 6.92 Å². The summed E-state index contributed by atoms with van der Waals surface area (Å²) in [5.41, 5.74) is 3.24. The van der Waals surface area contributed by atoms with Crippen LogP contribution in [-0.2, 0) is 0 Å². The van der Waals surface area contributed by atoms with Gasteiger partial charge in [0.15, 0.2) is 0 Å². The second-order valence-electron chi connectivity index (χ2n) is 1.28. The van der Waals surface area contributed by atoms with E-state index in [0.29, 0.717) is 5.71 Å². The van der Waals surface area contributed by atoms with Crippen molar-refractivity contribution in [3.63, 3.8) is 0 Å². The molecule has 0 heterocycles. The average molecular weight is 155 g/mol. The van der Waals surface area contributed by atoms with Crippen LogP contribution in [0.1, 0.15) is 6.92 Å². The number of hydrogen-bond donors (Lipinski definition) is 1. The van der Waals surface area contributed by atoms with Crippen LogP contribution in [0.3, 0.4) is 0 Å². The third kappa shape index (κ3) is 3.10. The highest BCUT2D eigenvalue weighted by Gasteiger charge is 2.00. The first kappa shape index (κ1) is 8.05. The summed E-state index contributed by atoms with van der Waals surface area (Å²) >= 11 is 10.8. The molecule has 0 aliphatic heterocycles. The first-order chi connectivity index (χ1) is 3.68. The van der Waals surface area contributed by atoms with Crippen LogP contribution < -0.4 is 5.43 Å². The first-order valence-corrected chi connectivity index (χ1v) is 3.05. The van der Waals surface area contributed by atoms with Gasteiger partial charge in [-0.15, -0.1) is 0 Å². The van der Waals surface area contributed by atoms with E-state index in [1.54, 1.807) is 14.0 Å². The molecule has 0 saturated carbocycles. The zero-order chi connectivity index (χ0) is 6.57. The Bertz CT molecular complexity index is 90.0. The standard InChI is InChI=1S/C4H8Cl2N2/c1-3(4(5)6)8-7-2/h4,7H,1-2H3. The molecule has 0 aromatic heterocycles. The molecule has 0 aliphatic carbocycles. The Morgan fingerprint density at radius 3 is 2.25 bits per heavy atom. The van der Waals surface area contributed by atoms with Crippen molar-refractivity contribution >= 4 is 28.9 Å². The van der Waals surface area contributed by atoms with E-state index in [1.807, 2.05) is 0 Å². The lowest BCUT2D eigenvalue weighted by Crippen LogP contribution is -2.07. The maximum absolute atomic E-state index is 5.40. The minimum atomic E-state index is -0.498. The van der Waals surface area contributed by atoms with Gasteiger partial charge in [-0.3, -0.25) is 0 Å². The number of alkyl halides is 2. The third-order valence-corrected chi connectivity index (χ3v) is 1.24. The highest BCUT2D eigenvalue weighted by molar-refractivity contribution is 6.54. The smallest absolute Gasteiger partial charge is 0.147 e. The lowest BCUT2D eigenvalue weighted by atomic mass is 10.5. The van der Waals surface area contributed by atoms with Crippen molar-refractivity contribution in [2.24, 2.45) is 5.10 Å². The number of nitrogens with one attached hydrogen (secondary N) is 1. The largest absolute Gasteiger partial charge is 0.313 e. The summed E-state index contributed by atoms with van der Waals surface area (Å²) in [6, 6.07) is 0. The van der Waals surface area contributed by atoms with Crippen molar-refractivity contribution in [1.82, 2.24) is 5.43 Å². The van der Waals surface area contributed by atoms with E-state index in [2.05, 4.69) is 10.5 Å². The molecule has 0 bridgehead atoms. The SMILES string of the molecule is CNN=C(C)C(Cl)Cl. The van der Waals surface area contributed by atoms with Crippen LogP contribution in [0.4, 0.5) is 0 Å². The van der Waals surface area contributed by atoms with E-state index in [-0.39, 0.29) is 0 Å². The van der Waals surface area contributed by atoms with Crippen molar-refractivity contribution in [3.05, 3.63) is 0 Å². The zero-order valence-corrected chi connectivity index (χ0v) is 6.29. The summed E-state index contributed by atoms with van der Waals surface area (Å²) in [5.74, 6) is 0. The van der Waals surface area contributed by atoms with E-state index < -0.39 is 4.84 Å². The minimum Gasteiger partial charge on any atom is -0.313 e. The molecule has 0 atom stereocenters. The number of rotatable bonds is 2. The molecule has 0 amide bonds. The second-order valence-corrected chi connectivity index (χ2v) is 2.37. The Hall–Kier alpha value is 0.0500. The van der Waals surface area contributed by atoms with Crippen molar-refractivity contribution < 1.29 is 0 Å². The summed E-state index contributed by atoms with van der Waals surface area (Å²) in [7, 11) is 1.69. The molecule has 0 radical (unpaired) electrons. The fourth-order valence-corrected chi connectivity index (χ4v) is 0.323. The van der Waals surface area contributed by atoms with Crippen LogP contribution in [0, 0.1) is 0 Å². The Kier molecular flexibility index (Phi) is 4.01. The molecule has 0 saturated heterocycles. The van der Waals surface area contributed by atoms with E-state index in [9.17, 15) is 0 Å². The highest BCUT2D eigenvalue weighted by Crippen LogP contribution is 2.02. The van der Waals surface area contributed by atoms with Crippen molar-refractivity contribution in [2.75, 3.05) is 7.05 Å². The van der Waals surface area contributed by atoms with Crippen LogP contribution >= 0.6 is 23.2 Å². The van der Waals surface area contributed by atoms with Gasteiger partial charge in [-0.2, -0.15) is 5.10 Å². The van der Waals surface area contributed by atoms with E-state index in [4.69, 9.17) is 23.2 Å². The Balaban J connectivity index is 3.61. The number of hydrogen-bond acceptors (Lipinski definition) is 2. The Morgan fingerprint density at radius 2 is 2.12 bits per heavy atom. The second kappa shape index (κ2) is 3.98. The summed E-state index contributed by atoms with van der Waals surface area (Å²) in [6.45, 7) is 1.75. The quantitative estimate of drug-likeness (QED) is 0.363. The van der Waals surface area contributed by atoms with Gasteiger partial charge in [-0.1, -0.05) is 23.2 Å². The van der Waals surface area contributed by atoms with E-state index in [1.165, 1.54) is 0 Å². The highest BCUT2D eigenvalue weighted by atomic mass is 35.5. The Morgan fingerprint density at radius 1 is 1.62 bits per heavy atom. The fraction of sp³-hybridized carbons (Fsp3) is 0.750. The topological polar surface area (TPSA) is 24.4 Å². The number of halogens is 2. The van der Waals surface area contributed by atoms with Gasteiger partial charge in [0, 0.05) is 7.05 Å². The van der Waals surface area contributed by atoms with Gasteiger partial charge in [-0.25, -0.2) is 0 Å². The number of hydrazone groups is 1. The van der Waals surface area contributed by atoms with Crippen LogP contribution in [0.5, 0.6) is 0 Å². The summed E-state index contributed by atoms with van der Waals surface area (Å²) in [6.07, 6.45) is 0. The maximum atomic E-state index is 5.40. The first-order valence-electron chi connectivity index (χ1n) is 2.17. The summed E-state index contributed by atoms with van der Waals surface area (Å²) in [4.78, 5) is -0.498. The molecule has 2 nitrogen and oxygen atoms in total. The average Bonchev–Trinajstić information content (AvgIpc) is 1.67. The molecule has 0 spiro atoms. The molecule has 1 N–H and O–H groups in total. The van der Waals surface area contributed by atoms with Gasteiger partial charge in [0.2, 0.25) is 0 Å². The molecule has 0 aromatic rings. The van der Waals surface area contributed by atoms with Crippen molar-refractivity contribution in [2.45, 2.75) is 11.8 Å². The normalized spacial score (nSPS) is 12.4. The van der Waals surface area contributed by atoms with Gasteiger partial charge >= 0.3 is 0 Å². The van der Waals surface area contributed by atoms with Gasteiger partial charge < -0.3 is 5.43 Å². The molecular formula is C4H8Cl2N2. The molecule has 4 heteroatoms. The van der Waals surface area contributed by atoms with E-state index in [0.717, 1.165) is 0 Å². The summed E-state index contributed by atoms with van der Waals surface area (Å²) < 4.78 is 0. The maximum Gasteiger partial charge on any atom is 0.147 e. The monoisotopic (exact) mass is 154 g/mol. The zero-order valence-electron chi connectivity index (χ0n) is 4.78. The van der Waals surface area contributed by atoms with Crippen LogP contribution in [0.2, 0.25) is 0 Å². The van der Waals surface area contributed by atoms with Crippen LogP contribution in [-0.4, -0.2) is 17.6 Å². The van der Waals surface area contributed by atoms with Crippen molar-refractivity contribution in [3.8, 4) is 0 Å². The molecule has 8 heavy (non-hydrogen) atoms. The lowest BCUT2D eigenvalue weighted by Gasteiger charge is -1.96. The van der Waals surface area contributed by atoms with Gasteiger partial charge in [0.25, 0.3) is 0 Å².